The van der Waals surface area contributed by atoms with Gasteiger partial charge >= 0.3 is 6.16 Å². The minimum Gasteiger partial charge on any atom is -0.449 e. The summed E-state index contributed by atoms with van der Waals surface area (Å²) in [6, 6.07) is 6.89. The van der Waals surface area contributed by atoms with E-state index in [1.165, 1.54) is 16.8 Å². The molecule has 3 rings (SSSR count). The number of hydrogen-bond acceptors (Lipinski definition) is 6. The molecule has 0 aliphatic rings. The number of carboxylic acid groups (broad SMARTS) is 1. The van der Waals surface area contributed by atoms with Gasteiger partial charge < -0.3 is 15.2 Å². The molecule has 0 radical (unpaired) electrons. The van der Waals surface area contributed by atoms with Gasteiger partial charge in [0.1, 0.15) is 11.0 Å². The fourth-order valence-electron chi connectivity index (χ4n) is 2.65. The number of anilines is 1. The third-order valence-electron chi connectivity index (χ3n) is 4.50. The summed E-state index contributed by atoms with van der Waals surface area (Å²) in [6.07, 6.45) is -0.232. The number of ether oxygens (including phenoxy) is 1. The highest BCUT2D eigenvalue weighted by atomic mass is 35.5. The SMILES string of the molecule is CC(C)[C@@H](C)Nc1c(-c2ccc(C#N)cc2Cl)c(Cl)nc2c(OC(=O)O)cnn12. The molecule has 0 fully saturated rings. The van der Waals surface area contributed by atoms with E-state index in [4.69, 9.17) is 38.3 Å². The molecule has 0 aliphatic carbocycles. The summed E-state index contributed by atoms with van der Waals surface area (Å²) >= 11 is 12.9. The second-order valence-electron chi connectivity index (χ2n) is 6.72. The van der Waals surface area contributed by atoms with E-state index in [1.54, 1.807) is 12.1 Å². The maximum atomic E-state index is 11.0. The predicted molar refractivity (Wildman–Crippen MR) is 110 cm³/mol. The number of rotatable bonds is 5. The molecule has 2 heterocycles. The summed E-state index contributed by atoms with van der Waals surface area (Å²) in [4.78, 5) is 15.2. The Labute approximate surface area is 176 Å². The van der Waals surface area contributed by atoms with Crippen molar-refractivity contribution in [2.45, 2.75) is 26.8 Å². The highest BCUT2D eigenvalue weighted by Crippen LogP contribution is 2.40. The molecule has 0 spiro atoms. The van der Waals surface area contributed by atoms with Crippen molar-refractivity contribution in [2.75, 3.05) is 5.32 Å². The van der Waals surface area contributed by atoms with Crippen LogP contribution in [-0.2, 0) is 0 Å². The number of nitrogens with one attached hydrogen (secondary N) is 1. The van der Waals surface area contributed by atoms with Crippen LogP contribution in [0.5, 0.6) is 5.75 Å². The van der Waals surface area contributed by atoms with Crippen molar-refractivity contribution in [3.63, 3.8) is 0 Å². The third-order valence-corrected chi connectivity index (χ3v) is 5.09. The minimum absolute atomic E-state index is 0.0145. The zero-order valence-electron chi connectivity index (χ0n) is 15.8. The minimum atomic E-state index is -1.48. The zero-order chi connectivity index (χ0) is 21.3. The molecule has 0 unspecified atom stereocenters. The first kappa shape index (κ1) is 20.7. The monoisotopic (exact) mass is 433 g/mol. The lowest BCUT2D eigenvalue weighted by Gasteiger charge is -2.22. The number of nitriles is 1. The molecule has 0 aliphatic heterocycles. The Balaban J connectivity index is 2.30. The van der Waals surface area contributed by atoms with Crippen molar-refractivity contribution in [3.05, 3.63) is 40.1 Å². The molecule has 2 aromatic heterocycles. The number of nitrogens with zero attached hydrogens (tertiary/aromatic N) is 4. The fourth-order valence-corrected chi connectivity index (χ4v) is 3.20. The molecular formula is C19H17Cl2N5O3. The van der Waals surface area contributed by atoms with Gasteiger partial charge in [0.25, 0.3) is 0 Å². The number of halogens is 2. The van der Waals surface area contributed by atoms with E-state index < -0.39 is 6.16 Å². The maximum Gasteiger partial charge on any atom is 0.511 e. The van der Waals surface area contributed by atoms with Gasteiger partial charge in [0, 0.05) is 16.6 Å². The van der Waals surface area contributed by atoms with E-state index in [2.05, 4.69) is 15.4 Å². The first-order valence-electron chi connectivity index (χ1n) is 8.67. The second-order valence-corrected chi connectivity index (χ2v) is 7.49. The molecule has 1 atom stereocenters. The lowest BCUT2D eigenvalue weighted by Crippen LogP contribution is -2.24. The van der Waals surface area contributed by atoms with Crippen LogP contribution in [0.15, 0.2) is 24.4 Å². The zero-order valence-corrected chi connectivity index (χ0v) is 17.3. The smallest absolute Gasteiger partial charge is 0.449 e. The molecule has 3 aromatic rings. The summed E-state index contributed by atoms with van der Waals surface area (Å²) in [6.45, 7) is 6.09. The van der Waals surface area contributed by atoms with Crippen LogP contribution in [0.2, 0.25) is 10.2 Å². The van der Waals surface area contributed by atoms with E-state index in [9.17, 15) is 4.79 Å². The fraction of sp³-hybridized carbons (Fsp3) is 0.263. The van der Waals surface area contributed by atoms with Gasteiger partial charge in [0.05, 0.1) is 23.4 Å². The third kappa shape index (κ3) is 4.06. The molecule has 0 saturated carbocycles. The highest BCUT2D eigenvalue weighted by Gasteiger charge is 2.24. The van der Waals surface area contributed by atoms with Crippen molar-refractivity contribution in [2.24, 2.45) is 5.92 Å². The van der Waals surface area contributed by atoms with Crippen LogP contribution in [0.1, 0.15) is 26.3 Å². The van der Waals surface area contributed by atoms with Gasteiger partial charge in [-0.25, -0.2) is 9.78 Å². The van der Waals surface area contributed by atoms with Crippen molar-refractivity contribution >= 4 is 40.8 Å². The number of hydrogen-bond donors (Lipinski definition) is 2. The summed E-state index contributed by atoms with van der Waals surface area (Å²) in [5.41, 5.74) is 1.58. The van der Waals surface area contributed by atoms with Gasteiger partial charge in [-0.15, -0.1) is 0 Å². The average Bonchev–Trinajstić information content (AvgIpc) is 3.04. The van der Waals surface area contributed by atoms with E-state index in [0.717, 1.165) is 0 Å². The van der Waals surface area contributed by atoms with Gasteiger partial charge in [-0.05, 0) is 25.0 Å². The molecule has 10 heteroatoms. The van der Waals surface area contributed by atoms with Crippen molar-refractivity contribution < 1.29 is 14.6 Å². The molecule has 29 heavy (non-hydrogen) atoms. The Bertz CT molecular complexity index is 1140. The number of aromatic nitrogens is 3. The van der Waals surface area contributed by atoms with E-state index in [-0.39, 0.29) is 28.5 Å². The summed E-state index contributed by atoms with van der Waals surface area (Å²) in [7, 11) is 0. The molecule has 0 amide bonds. The maximum absolute atomic E-state index is 11.0. The van der Waals surface area contributed by atoms with Gasteiger partial charge in [0.15, 0.2) is 5.75 Å². The van der Waals surface area contributed by atoms with E-state index >= 15 is 0 Å². The Morgan fingerprint density at radius 2 is 2.07 bits per heavy atom. The van der Waals surface area contributed by atoms with Crippen LogP contribution in [0.4, 0.5) is 10.6 Å². The number of fused-ring (bicyclic) bond motifs is 1. The Hall–Kier alpha value is -3.02. The average molecular weight is 434 g/mol. The van der Waals surface area contributed by atoms with E-state index in [1.807, 2.05) is 26.8 Å². The van der Waals surface area contributed by atoms with E-state index in [0.29, 0.717) is 27.5 Å². The lowest BCUT2D eigenvalue weighted by molar-refractivity contribution is 0.145. The van der Waals surface area contributed by atoms with Gasteiger partial charge in [-0.3, -0.25) is 0 Å². The standard InChI is InChI=1S/C19H17Cl2N5O3/c1-9(2)10(3)24-18-15(12-5-4-11(7-22)6-13(12)20)16(21)25-17-14(29-19(27)28)8-23-26(17)18/h4-6,8-10,24H,1-3H3,(H,27,28)/t10-/m1/s1. The van der Waals surface area contributed by atoms with Crippen LogP contribution in [-0.4, -0.2) is 31.9 Å². The van der Waals surface area contributed by atoms with Crippen molar-refractivity contribution in [3.8, 4) is 22.9 Å². The highest BCUT2D eigenvalue weighted by molar-refractivity contribution is 6.36. The molecular weight excluding hydrogens is 417 g/mol. The molecule has 0 bridgehead atoms. The largest absolute Gasteiger partial charge is 0.511 e. The van der Waals surface area contributed by atoms with Crippen LogP contribution in [0.3, 0.4) is 0 Å². The van der Waals surface area contributed by atoms with Gasteiger partial charge in [0.2, 0.25) is 5.65 Å². The van der Waals surface area contributed by atoms with Crippen LogP contribution in [0.25, 0.3) is 16.8 Å². The quantitative estimate of drug-likeness (QED) is 0.425. The normalized spacial score (nSPS) is 12.0. The Morgan fingerprint density at radius 3 is 2.66 bits per heavy atom. The molecule has 8 nitrogen and oxygen atoms in total. The van der Waals surface area contributed by atoms with Gasteiger partial charge in [-0.1, -0.05) is 43.1 Å². The summed E-state index contributed by atoms with van der Waals surface area (Å²) in [5, 5.41) is 26.0. The predicted octanol–water partition coefficient (Wildman–Crippen LogP) is 5.09. The van der Waals surface area contributed by atoms with Crippen LogP contribution >= 0.6 is 23.2 Å². The van der Waals surface area contributed by atoms with Crippen molar-refractivity contribution in [1.82, 2.24) is 14.6 Å². The molecule has 0 saturated heterocycles. The molecule has 150 valence electrons. The summed E-state index contributed by atoms with van der Waals surface area (Å²) in [5.74, 6) is 0.705. The summed E-state index contributed by atoms with van der Waals surface area (Å²) < 4.78 is 6.18. The number of benzene rings is 1. The number of carbonyl (C=O) groups is 1. The van der Waals surface area contributed by atoms with Gasteiger partial charge in [-0.2, -0.15) is 14.9 Å². The topological polar surface area (TPSA) is 113 Å². The van der Waals surface area contributed by atoms with Crippen LogP contribution in [0, 0.1) is 17.2 Å². The molecule has 2 N–H and O–H groups in total. The molecule has 1 aromatic carbocycles. The van der Waals surface area contributed by atoms with Crippen LogP contribution < -0.4 is 10.1 Å². The Morgan fingerprint density at radius 1 is 1.34 bits per heavy atom. The Kier molecular flexibility index (Phi) is 5.82. The first-order valence-corrected chi connectivity index (χ1v) is 9.43. The van der Waals surface area contributed by atoms with Crippen molar-refractivity contribution in [1.29, 1.82) is 5.26 Å². The second kappa shape index (κ2) is 8.15. The first-order chi connectivity index (χ1) is 13.7. The lowest BCUT2D eigenvalue weighted by atomic mass is 10.0.